The largest absolute Gasteiger partial charge is 0.507 e. The number of likely N-dealkylation sites (tertiary alicyclic amines) is 1. The second kappa shape index (κ2) is 8.39. The molecule has 7 heteroatoms. The van der Waals surface area contributed by atoms with Crippen LogP contribution in [0.15, 0.2) is 64.6 Å². The summed E-state index contributed by atoms with van der Waals surface area (Å²) < 4.78 is 0.856. The van der Waals surface area contributed by atoms with Gasteiger partial charge in [-0.15, -0.1) is 0 Å². The van der Waals surface area contributed by atoms with E-state index in [1.54, 1.807) is 42.5 Å². The molecular formula is C21H19BrN2O4. The summed E-state index contributed by atoms with van der Waals surface area (Å²) in [5, 5.41) is 13.5. The van der Waals surface area contributed by atoms with E-state index in [-0.39, 0.29) is 30.3 Å². The molecule has 28 heavy (non-hydrogen) atoms. The SMILES string of the molecule is CC(=O)NCCN1C(=O)C(=O)C(=C(O)c2ccccc2)C1c1ccc(Br)cc1. The van der Waals surface area contributed by atoms with E-state index in [1.165, 1.54) is 11.8 Å². The Morgan fingerprint density at radius 2 is 1.75 bits per heavy atom. The summed E-state index contributed by atoms with van der Waals surface area (Å²) in [5.41, 5.74) is 1.20. The molecule has 1 atom stereocenters. The van der Waals surface area contributed by atoms with Crippen LogP contribution >= 0.6 is 15.9 Å². The van der Waals surface area contributed by atoms with Crippen LogP contribution in [-0.2, 0) is 14.4 Å². The molecule has 0 aromatic heterocycles. The van der Waals surface area contributed by atoms with Gasteiger partial charge in [0.1, 0.15) is 5.76 Å². The summed E-state index contributed by atoms with van der Waals surface area (Å²) >= 11 is 3.38. The molecule has 1 aliphatic rings. The fourth-order valence-electron chi connectivity index (χ4n) is 3.21. The van der Waals surface area contributed by atoms with E-state index in [1.807, 2.05) is 12.1 Å². The van der Waals surface area contributed by atoms with Crippen LogP contribution in [0.25, 0.3) is 5.76 Å². The first-order chi connectivity index (χ1) is 13.4. The molecule has 1 aliphatic heterocycles. The van der Waals surface area contributed by atoms with Gasteiger partial charge in [0.25, 0.3) is 11.7 Å². The van der Waals surface area contributed by atoms with Gasteiger partial charge in [0, 0.05) is 30.0 Å². The third-order valence-corrected chi connectivity index (χ3v) is 5.03. The average molecular weight is 443 g/mol. The van der Waals surface area contributed by atoms with Crippen LogP contribution in [0.1, 0.15) is 24.1 Å². The van der Waals surface area contributed by atoms with Gasteiger partial charge in [-0.25, -0.2) is 0 Å². The second-order valence-electron chi connectivity index (χ2n) is 6.39. The zero-order valence-corrected chi connectivity index (χ0v) is 16.8. The third kappa shape index (κ3) is 3.99. The molecule has 1 heterocycles. The van der Waals surface area contributed by atoms with E-state index in [0.29, 0.717) is 11.1 Å². The summed E-state index contributed by atoms with van der Waals surface area (Å²) in [6, 6.07) is 15.1. The van der Waals surface area contributed by atoms with E-state index >= 15 is 0 Å². The summed E-state index contributed by atoms with van der Waals surface area (Å²) in [7, 11) is 0. The monoisotopic (exact) mass is 442 g/mol. The van der Waals surface area contributed by atoms with Crippen molar-refractivity contribution in [2.45, 2.75) is 13.0 Å². The number of benzene rings is 2. The van der Waals surface area contributed by atoms with Gasteiger partial charge < -0.3 is 15.3 Å². The Morgan fingerprint density at radius 3 is 2.36 bits per heavy atom. The molecular weight excluding hydrogens is 424 g/mol. The number of ketones is 1. The molecule has 2 N–H and O–H groups in total. The number of carbonyl (C=O) groups is 3. The number of Topliss-reactive ketones (excluding diaryl/α,β-unsaturated/α-hetero) is 1. The fourth-order valence-corrected chi connectivity index (χ4v) is 3.47. The number of aliphatic hydroxyl groups is 1. The number of hydrogen-bond acceptors (Lipinski definition) is 4. The van der Waals surface area contributed by atoms with E-state index in [9.17, 15) is 19.5 Å². The lowest BCUT2D eigenvalue weighted by atomic mass is 9.95. The number of carbonyl (C=O) groups excluding carboxylic acids is 3. The Morgan fingerprint density at radius 1 is 1.11 bits per heavy atom. The van der Waals surface area contributed by atoms with Gasteiger partial charge in [-0.05, 0) is 17.7 Å². The average Bonchev–Trinajstić information content (AvgIpc) is 2.93. The van der Waals surface area contributed by atoms with Crippen molar-refractivity contribution in [3.05, 3.63) is 75.8 Å². The highest BCUT2D eigenvalue weighted by Gasteiger charge is 2.45. The Kier molecular flexibility index (Phi) is 5.94. The minimum atomic E-state index is -0.739. The molecule has 0 aliphatic carbocycles. The minimum absolute atomic E-state index is 0.0429. The Balaban J connectivity index is 2.08. The highest BCUT2D eigenvalue weighted by molar-refractivity contribution is 9.10. The molecule has 6 nitrogen and oxygen atoms in total. The summed E-state index contributed by atoms with van der Waals surface area (Å²) in [6.07, 6.45) is 0. The van der Waals surface area contributed by atoms with Crippen molar-refractivity contribution in [1.29, 1.82) is 0 Å². The molecule has 1 fully saturated rings. The zero-order chi connectivity index (χ0) is 20.3. The minimum Gasteiger partial charge on any atom is -0.507 e. The maximum absolute atomic E-state index is 12.8. The number of nitrogens with zero attached hydrogens (tertiary/aromatic N) is 1. The van der Waals surface area contributed by atoms with E-state index < -0.39 is 17.7 Å². The van der Waals surface area contributed by atoms with Crippen molar-refractivity contribution in [3.8, 4) is 0 Å². The van der Waals surface area contributed by atoms with Crippen LogP contribution in [0.3, 0.4) is 0 Å². The number of amides is 2. The van der Waals surface area contributed by atoms with Crippen LogP contribution in [0.2, 0.25) is 0 Å². The van der Waals surface area contributed by atoms with Gasteiger partial charge in [-0.1, -0.05) is 58.4 Å². The smallest absolute Gasteiger partial charge is 0.295 e. The molecule has 3 rings (SSSR count). The number of halogens is 1. The summed E-state index contributed by atoms with van der Waals surface area (Å²) in [4.78, 5) is 38.0. The molecule has 0 saturated carbocycles. The Bertz CT molecular complexity index is 939. The highest BCUT2D eigenvalue weighted by Crippen LogP contribution is 2.39. The first kappa shape index (κ1) is 19.8. The maximum Gasteiger partial charge on any atom is 0.295 e. The normalized spacial score (nSPS) is 18.4. The summed E-state index contributed by atoms with van der Waals surface area (Å²) in [6.45, 7) is 1.74. The van der Waals surface area contributed by atoms with Crippen LogP contribution in [-0.4, -0.2) is 40.7 Å². The highest BCUT2D eigenvalue weighted by atomic mass is 79.9. The third-order valence-electron chi connectivity index (χ3n) is 4.50. The van der Waals surface area contributed by atoms with Gasteiger partial charge in [-0.2, -0.15) is 0 Å². The first-order valence-electron chi connectivity index (χ1n) is 8.74. The molecule has 2 amide bonds. The predicted octanol–water partition coefficient (Wildman–Crippen LogP) is 3.01. The van der Waals surface area contributed by atoms with Gasteiger partial charge in [-0.3, -0.25) is 14.4 Å². The zero-order valence-electron chi connectivity index (χ0n) is 15.2. The maximum atomic E-state index is 12.8. The van der Waals surface area contributed by atoms with Gasteiger partial charge in [0.05, 0.1) is 11.6 Å². The van der Waals surface area contributed by atoms with Gasteiger partial charge in [0.2, 0.25) is 5.91 Å². The van der Waals surface area contributed by atoms with Gasteiger partial charge >= 0.3 is 0 Å². The quantitative estimate of drug-likeness (QED) is 0.423. The van der Waals surface area contributed by atoms with Crippen LogP contribution in [0, 0.1) is 0 Å². The van der Waals surface area contributed by atoms with Crippen molar-refractivity contribution >= 4 is 39.3 Å². The molecule has 0 radical (unpaired) electrons. The number of rotatable bonds is 5. The van der Waals surface area contributed by atoms with Gasteiger partial charge in [0.15, 0.2) is 0 Å². The number of aliphatic hydroxyl groups excluding tert-OH is 1. The molecule has 2 aromatic rings. The fraction of sp³-hybridized carbons (Fsp3) is 0.190. The van der Waals surface area contributed by atoms with Crippen molar-refractivity contribution in [3.63, 3.8) is 0 Å². The molecule has 1 saturated heterocycles. The van der Waals surface area contributed by atoms with Crippen LogP contribution in [0.4, 0.5) is 0 Å². The van der Waals surface area contributed by atoms with Crippen LogP contribution in [0.5, 0.6) is 0 Å². The second-order valence-corrected chi connectivity index (χ2v) is 7.31. The van der Waals surface area contributed by atoms with Crippen molar-refractivity contribution in [2.75, 3.05) is 13.1 Å². The lowest BCUT2D eigenvalue weighted by molar-refractivity contribution is -0.139. The van der Waals surface area contributed by atoms with Crippen molar-refractivity contribution < 1.29 is 19.5 Å². The van der Waals surface area contributed by atoms with Crippen molar-refractivity contribution in [1.82, 2.24) is 10.2 Å². The molecule has 0 bridgehead atoms. The standard InChI is InChI=1S/C21H19BrN2O4/c1-13(25)23-11-12-24-18(14-7-9-16(22)10-8-14)17(20(27)21(24)28)19(26)15-5-3-2-4-6-15/h2-10,18,26H,11-12H2,1H3,(H,23,25). The van der Waals surface area contributed by atoms with E-state index in [4.69, 9.17) is 0 Å². The van der Waals surface area contributed by atoms with Crippen molar-refractivity contribution in [2.24, 2.45) is 0 Å². The van der Waals surface area contributed by atoms with E-state index in [2.05, 4.69) is 21.2 Å². The number of nitrogens with one attached hydrogen (secondary N) is 1. The van der Waals surface area contributed by atoms with E-state index in [0.717, 1.165) is 4.47 Å². The Hall–Kier alpha value is -2.93. The topological polar surface area (TPSA) is 86.7 Å². The molecule has 0 spiro atoms. The molecule has 2 aromatic carbocycles. The molecule has 1 unspecified atom stereocenters. The Labute approximate surface area is 171 Å². The predicted molar refractivity (Wildman–Crippen MR) is 108 cm³/mol. The molecule has 144 valence electrons. The summed E-state index contributed by atoms with van der Waals surface area (Å²) in [5.74, 6) is -1.87. The lowest BCUT2D eigenvalue weighted by Crippen LogP contribution is -2.37. The first-order valence-corrected chi connectivity index (χ1v) is 9.53. The lowest BCUT2D eigenvalue weighted by Gasteiger charge is -2.25. The number of hydrogen-bond donors (Lipinski definition) is 2. The van der Waals surface area contributed by atoms with Crippen LogP contribution < -0.4 is 5.32 Å².